The summed E-state index contributed by atoms with van der Waals surface area (Å²) < 4.78 is 10.6. The molecule has 2 aromatic carbocycles. The van der Waals surface area contributed by atoms with Gasteiger partial charge in [0.05, 0.1) is 14.2 Å². The average molecular weight is 299 g/mol. The smallest absolute Gasteiger partial charge is 0.227 e. The van der Waals surface area contributed by atoms with Crippen LogP contribution in [0.3, 0.4) is 0 Å². The van der Waals surface area contributed by atoms with Gasteiger partial charge < -0.3 is 14.4 Å². The highest BCUT2D eigenvalue weighted by molar-refractivity contribution is 5.92. The number of benzene rings is 2. The van der Waals surface area contributed by atoms with Crippen molar-refractivity contribution in [3.05, 3.63) is 54.1 Å². The fourth-order valence-electron chi connectivity index (χ4n) is 2.28. The van der Waals surface area contributed by atoms with Gasteiger partial charge in [-0.25, -0.2) is 0 Å². The number of nitrogens with zero attached hydrogens (tertiary/aromatic N) is 1. The van der Waals surface area contributed by atoms with E-state index in [-0.39, 0.29) is 5.91 Å². The second-order valence-electron chi connectivity index (χ2n) is 4.97. The number of hydrogen-bond acceptors (Lipinski definition) is 3. The first-order chi connectivity index (χ1) is 10.7. The maximum Gasteiger partial charge on any atom is 0.227 e. The predicted octanol–water partition coefficient (Wildman–Crippen LogP) is 3.30. The summed E-state index contributed by atoms with van der Waals surface area (Å²) >= 11 is 0. The Balaban J connectivity index is 2.04. The number of amides is 1. The molecule has 1 amide bonds. The number of rotatable bonds is 6. The summed E-state index contributed by atoms with van der Waals surface area (Å²) in [7, 11) is 5.05. The maximum atomic E-state index is 12.3. The molecule has 0 aliphatic rings. The first-order valence-electron chi connectivity index (χ1n) is 7.18. The second-order valence-corrected chi connectivity index (χ2v) is 4.97. The molecule has 0 spiro atoms. The molecule has 0 atom stereocenters. The third kappa shape index (κ3) is 3.79. The summed E-state index contributed by atoms with van der Waals surface area (Å²) in [6.07, 6.45) is 1.02. The van der Waals surface area contributed by atoms with Crippen LogP contribution in [0.1, 0.15) is 12.0 Å². The van der Waals surface area contributed by atoms with Gasteiger partial charge in [-0.1, -0.05) is 18.2 Å². The number of carbonyl (C=O) groups excluding carboxylic acids is 1. The number of ether oxygens (including phenoxy) is 2. The van der Waals surface area contributed by atoms with E-state index in [1.54, 1.807) is 26.2 Å². The Morgan fingerprint density at radius 3 is 2.41 bits per heavy atom. The molecular formula is C18H21NO3. The zero-order chi connectivity index (χ0) is 15.9. The second kappa shape index (κ2) is 7.50. The highest BCUT2D eigenvalue weighted by atomic mass is 16.5. The number of hydrogen-bond donors (Lipinski definition) is 0. The summed E-state index contributed by atoms with van der Waals surface area (Å²) in [5.41, 5.74) is 1.86. The fraction of sp³-hybridized carbons (Fsp3) is 0.278. The lowest BCUT2D eigenvalue weighted by molar-refractivity contribution is -0.118. The molecule has 0 saturated carbocycles. The minimum Gasteiger partial charge on any atom is -0.497 e. The van der Waals surface area contributed by atoms with Crippen LogP contribution in [0.15, 0.2) is 48.5 Å². The van der Waals surface area contributed by atoms with Crippen LogP contribution in [0.4, 0.5) is 5.69 Å². The molecule has 0 radical (unpaired) electrons. The van der Waals surface area contributed by atoms with Crippen molar-refractivity contribution in [2.75, 3.05) is 26.2 Å². The molecule has 0 aliphatic heterocycles. The largest absolute Gasteiger partial charge is 0.497 e. The summed E-state index contributed by atoms with van der Waals surface area (Å²) in [5, 5.41) is 0. The Morgan fingerprint density at radius 2 is 1.77 bits per heavy atom. The van der Waals surface area contributed by atoms with E-state index in [0.29, 0.717) is 12.8 Å². The van der Waals surface area contributed by atoms with Crippen molar-refractivity contribution in [3.8, 4) is 11.5 Å². The quantitative estimate of drug-likeness (QED) is 0.821. The van der Waals surface area contributed by atoms with Crippen molar-refractivity contribution in [1.82, 2.24) is 0 Å². The van der Waals surface area contributed by atoms with E-state index in [4.69, 9.17) is 9.47 Å². The van der Waals surface area contributed by atoms with Gasteiger partial charge >= 0.3 is 0 Å². The van der Waals surface area contributed by atoms with E-state index in [9.17, 15) is 4.79 Å². The lowest BCUT2D eigenvalue weighted by Gasteiger charge is -2.17. The number of methoxy groups -OCH3 is 2. The topological polar surface area (TPSA) is 38.8 Å². The molecular weight excluding hydrogens is 278 g/mol. The molecule has 0 N–H and O–H groups in total. The number of anilines is 1. The third-order valence-corrected chi connectivity index (χ3v) is 3.61. The SMILES string of the molecule is COc1ccc(OC)c(CCC(=O)N(C)c2ccccc2)c1. The zero-order valence-electron chi connectivity index (χ0n) is 13.2. The number of carbonyl (C=O) groups is 1. The molecule has 2 rings (SSSR count). The summed E-state index contributed by atoms with van der Waals surface area (Å²) in [6.45, 7) is 0. The van der Waals surface area contributed by atoms with Crippen LogP contribution >= 0.6 is 0 Å². The first-order valence-corrected chi connectivity index (χ1v) is 7.18. The van der Waals surface area contributed by atoms with Gasteiger partial charge in [0.15, 0.2) is 0 Å². The van der Waals surface area contributed by atoms with Crippen molar-refractivity contribution in [1.29, 1.82) is 0 Å². The van der Waals surface area contributed by atoms with Crippen molar-refractivity contribution in [3.63, 3.8) is 0 Å². The maximum absolute atomic E-state index is 12.3. The summed E-state index contributed by atoms with van der Waals surface area (Å²) in [4.78, 5) is 14.0. The zero-order valence-corrected chi connectivity index (χ0v) is 13.2. The van der Waals surface area contributed by atoms with Crippen LogP contribution < -0.4 is 14.4 Å². The van der Waals surface area contributed by atoms with Gasteiger partial charge in [0.2, 0.25) is 5.91 Å². The minimum absolute atomic E-state index is 0.0658. The summed E-state index contributed by atoms with van der Waals surface area (Å²) in [5.74, 6) is 1.60. The first kappa shape index (κ1) is 15.9. The van der Waals surface area contributed by atoms with Crippen LogP contribution in [0.25, 0.3) is 0 Å². The molecule has 0 bridgehead atoms. The molecule has 2 aromatic rings. The van der Waals surface area contributed by atoms with Crippen LogP contribution in [0, 0.1) is 0 Å². The highest BCUT2D eigenvalue weighted by Crippen LogP contribution is 2.25. The van der Waals surface area contributed by atoms with Crippen molar-refractivity contribution < 1.29 is 14.3 Å². The van der Waals surface area contributed by atoms with Gasteiger partial charge in [0, 0.05) is 19.2 Å². The van der Waals surface area contributed by atoms with E-state index in [1.807, 2.05) is 48.5 Å². The molecule has 0 fully saturated rings. The van der Waals surface area contributed by atoms with Gasteiger partial charge in [0.25, 0.3) is 0 Å². The van der Waals surface area contributed by atoms with Gasteiger partial charge in [-0.05, 0) is 42.3 Å². The Labute approximate surface area is 131 Å². The highest BCUT2D eigenvalue weighted by Gasteiger charge is 2.13. The normalized spacial score (nSPS) is 10.1. The number of para-hydroxylation sites is 1. The van der Waals surface area contributed by atoms with E-state index in [0.717, 1.165) is 22.7 Å². The molecule has 0 saturated heterocycles. The molecule has 0 aromatic heterocycles. The Bertz CT molecular complexity index is 625. The standard InChI is InChI=1S/C18H21NO3/c1-19(15-7-5-4-6-8-15)18(20)12-9-14-13-16(21-2)10-11-17(14)22-3/h4-8,10-11,13H,9,12H2,1-3H3. The number of aryl methyl sites for hydroxylation is 1. The van der Waals surface area contributed by atoms with Crippen LogP contribution in [0.2, 0.25) is 0 Å². The molecule has 4 heteroatoms. The lowest BCUT2D eigenvalue weighted by Crippen LogP contribution is -2.26. The van der Waals surface area contributed by atoms with Gasteiger partial charge in [-0.15, -0.1) is 0 Å². The Kier molecular flexibility index (Phi) is 5.42. The van der Waals surface area contributed by atoms with Crippen LogP contribution in [-0.4, -0.2) is 27.2 Å². The Morgan fingerprint density at radius 1 is 1.05 bits per heavy atom. The van der Waals surface area contributed by atoms with Crippen molar-refractivity contribution in [2.45, 2.75) is 12.8 Å². The van der Waals surface area contributed by atoms with E-state index in [1.165, 1.54) is 0 Å². The van der Waals surface area contributed by atoms with E-state index < -0.39 is 0 Å². The van der Waals surface area contributed by atoms with Crippen molar-refractivity contribution >= 4 is 11.6 Å². The molecule has 4 nitrogen and oxygen atoms in total. The van der Waals surface area contributed by atoms with Gasteiger partial charge in [-0.2, -0.15) is 0 Å². The average Bonchev–Trinajstić information content (AvgIpc) is 2.59. The molecule has 0 unspecified atom stereocenters. The lowest BCUT2D eigenvalue weighted by atomic mass is 10.1. The fourth-order valence-corrected chi connectivity index (χ4v) is 2.28. The molecule has 0 aliphatic carbocycles. The third-order valence-electron chi connectivity index (χ3n) is 3.61. The molecule has 116 valence electrons. The Hall–Kier alpha value is -2.49. The van der Waals surface area contributed by atoms with Crippen molar-refractivity contribution in [2.24, 2.45) is 0 Å². The van der Waals surface area contributed by atoms with Crippen LogP contribution in [-0.2, 0) is 11.2 Å². The van der Waals surface area contributed by atoms with Crippen LogP contribution in [0.5, 0.6) is 11.5 Å². The predicted molar refractivity (Wildman–Crippen MR) is 87.7 cm³/mol. The minimum atomic E-state index is 0.0658. The molecule has 0 heterocycles. The van der Waals surface area contributed by atoms with E-state index >= 15 is 0 Å². The molecule has 22 heavy (non-hydrogen) atoms. The van der Waals surface area contributed by atoms with E-state index in [2.05, 4.69) is 0 Å². The van der Waals surface area contributed by atoms with Gasteiger partial charge in [0.1, 0.15) is 11.5 Å². The monoisotopic (exact) mass is 299 g/mol. The summed E-state index contributed by atoms with van der Waals surface area (Å²) in [6, 6.07) is 15.2. The van der Waals surface area contributed by atoms with Gasteiger partial charge in [-0.3, -0.25) is 4.79 Å².